The van der Waals surface area contributed by atoms with Crippen molar-refractivity contribution in [3.05, 3.63) is 53.8 Å². The summed E-state index contributed by atoms with van der Waals surface area (Å²) in [6.45, 7) is 0.938. The third-order valence-corrected chi connectivity index (χ3v) is 6.65. The van der Waals surface area contributed by atoms with E-state index in [4.69, 9.17) is 0 Å². The number of hydrogen-bond acceptors (Lipinski definition) is 3. The van der Waals surface area contributed by atoms with Crippen LogP contribution in [-0.4, -0.2) is 53.2 Å². The second kappa shape index (κ2) is 7.80. The minimum atomic E-state index is -0.726. The van der Waals surface area contributed by atoms with Crippen LogP contribution in [0.25, 0.3) is 11.1 Å². The summed E-state index contributed by atoms with van der Waals surface area (Å²) >= 11 is 0. The highest BCUT2D eigenvalue weighted by Gasteiger charge is 2.41. The van der Waals surface area contributed by atoms with Crippen molar-refractivity contribution in [1.82, 2.24) is 9.80 Å². The van der Waals surface area contributed by atoms with Crippen molar-refractivity contribution in [3.63, 3.8) is 0 Å². The van der Waals surface area contributed by atoms with Gasteiger partial charge in [-0.3, -0.25) is 14.4 Å². The summed E-state index contributed by atoms with van der Waals surface area (Å²) in [5, 5.41) is 2.84. The van der Waals surface area contributed by atoms with E-state index in [1.807, 2.05) is 0 Å². The number of amides is 3. The molecule has 2 aliphatic heterocycles. The van der Waals surface area contributed by atoms with Gasteiger partial charge < -0.3 is 15.1 Å². The second-order valence-corrected chi connectivity index (χ2v) is 8.51. The van der Waals surface area contributed by atoms with Crippen LogP contribution in [0, 0.1) is 11.7 Å². The lowest BCUT2D eigenvalue weighted by atomic mass is 10.0. The topological polar surface area (TPSA) is 69.7 Å². The van der Waals surface area contributed by atoms with Gasteiger partial charge in [0.2, 0.25) is 11.8 Å². The van der Waals surface area contributed by atoms with Crippen molar-refractivity contribution >= 4 is 23.4 Å². The molecule has 1 saturated heterocycles. The molecule has 7 heteroatoms. The van der Waals surface area contributed by atoms with Gasteiger partial charge in [0.25, 0.3) is 5.91 Å². The maximum absolute atomic E-state index is 14.3. The molecule has 160 valence electrons. The number of rotatable bonds is 2. The third-order valence-electron chi connectivity index (χ3n) is 6.65. The molecule has 5 rings (SSSR count). The van der Waals surface area contributed by atoms with Crippen LogP contribution < -0.4 is 5.32 Å². The fourth-order valence-electron chi connectivity index (χ4n) is 4.95. The summed E-state index contributed by atoms with van der Waals surface area (Å²) in [5.74, 6) is -0.804. The summed E-state index contributed by atoms with van der Waals surface area (Å²) < 4.78 is 14.3. The van der Waals surface area contributed by atoms with Crippen molar-refractivity contribution in [2.75, 3.05) is 25.0 Å². The minimum Gasteiger partial charge on any atom is -0.338 e. The number of hydrogen-bond donors (Lipinski definition) is 1. The molecule has 6 nitrogen and oxygen atoms in total. The van der Waals surface area contributed by atoms with E-state index in [2.05, 4.69) is 5.32 Å². The number of carbonyl (C=O) groups excluding carboxylic acids is 3. The predicted octanol–water partition coefficient (Wildman–Crippen LogP) is 3.29. The van der Waals surface area contributed by atoms with Crippen LogP contribution in [0.2, 0.25) is 0 Å². The number of halogens is 1. The molecule has 2 fully saturated rings. The van der Waals surface area contributed by atoms with Gasteiger partial charge in [-0.2, -0.15) is 0 Å². The minimum absolute atomic E-state index is 0.0385. The average molecular weight is 421 g/mol. The van der Waals surface area contributed by atoms with E-state index in [-0.39, 0.29) is 36.0 Å². The molecule has 0 bridgehead atoms. The van der Waals surface area contributed by atoms with E-state index in [0.717, 1.165) is 25.7 Å². The van der Waals surface area contributed by atoms with E-state index in [9.17, 15) is 18.8 Å². The van der Waals surface area contributed by atoms with E-state index in [1.165, 1.54) is 6.07 Å². The Morgan fingerprint density at radius 3 is 2.55 bits per heavy atom. The molecule has 1 aliphatic carbocycles. The Kier molecular flexibility index (Phi) is 4.96. The van der Waals surface area contributed by atoms with Crippen LogP contribution in [0.3, 0.4) is 0 Å². The number of nitrogens with one attached hydrogen (secondary N) is 1. The Morgan fingerprint density at radius 1 is 1.00 bits per heavy atom. The summed E-state index contributed by atoms with van der Waals surface area (Å²) in [4.78, 5) is 42.4. The van der Waals surface area contributed by atoms with Gasteiger partial charge in [-0.1, -0.05) is 37.1 Å². The molecule has 1 atom stereocenters. The molecule has 1 unspecified atom stereocenters. The number of benzene rings is 2. The molecule has 2 heterocycles. The molecular weight excluding hydrogens is 397 g/mol. The molecule has 31 heavy (non-hydrogen) atoms. The van der Waals surface area contributed by atoms with Gasteiger partial charge in [0.05, 0.1) is 17.8 Å². The lowest BCUT2D eigenvalue weighted by Gasteiger charge is -2.40. The van der Waals surface area contributed by atoms with E-state index < -0.39 is 6.04 Å². The highest BCUT2D eigenvalue weighted by Crippen LogP contribution is 2.32. The van der Waals surface area contributed by atoms with Gasteiger partial charge in [-0.15, -0.1) is 0 Å². The summed E-state index contributed by atoms with van der Waals surface area (Å²) in [7, 11) is 0. The van der Waals surface area contributed by atoms with Gasteiger partial charge in [0.1, 0.15) is 11.9 Å². The van der Waals surface area contributed by atoms with Crippen LogP contribution in [0.5, 0.6) is 0 Å². The molecule has 1 saturated carbocycles. The van der Waals surface area contributed by atoms with Crippen molar-refractivity contribution in [3.8, 4) is 11.1 Å². The van der Waals surface area contributed by atoms with E-state index in [0.29, 0.717) is 35.5 Å². The molecular formula is C24H24FN3O3. The molecule has 0 radical (unpaired) electrons. The van der Waals surface area contributed by atoms with Gasteiger partial charge in [-0.05, 0) is 36.6 Å². The monoisotopic (exact) mass is 421 g/mol. The number of nitrogens with zero attached hydrogens (tertiary/aromatic N) is 2. The number of piperazine rings is 1. The van der Waals surface area contributed by atoms with Crippen LogP contribution in [-0.2, 0) is 9.59 Å². The molecule has 2 aromatic rings. The Morgan fingerprint density at radius 2 is 1.77 bits per heavy atom. The normalized spacial score (nSPS) is 21.4. The lowest BCUT2D eigenvalue weighted by molar-refractivity contribution is -0.139. The quantitative estimate of drug-likeness (QED) is 0.809. The van der Waals surface area contributed by atoms with Gasteiger partial charge >= 0.3 is 0 Å². The van der Waals surface area contributed by atoms with Gasteiger partial charge in [-0.25, -0.2) is 4.39 Å². The number of anilines is 1. The van der Waals surface area contributed by atoms with Crippen molar-refractivity contribution < 1.29 is 18.8 Å². The molecule has 2 aromatic carbocycles. The van der Waals surface area contributed by atoms with Gasteiger partial charge in [0.15, 0.2) is 0 Å². The van der Waals surface area contributed by atoms with Crippen molar-refractivity contribution in [1.29, 1.82) is 0 Å². The third kappa shape index (κ3) is 3.48. The first-order valence-corrected chi connectivity index (χ1v) is 10.8. The fraction of sp³-hybridized carbons (Fsp3) is 0.375. The average Bonchev–Trinajstić information content (AvgIpc) is 3.30. The Balaban J connectivity index is 1.43. The maximum atomic E-state index is 14.3. The first kappa shape index (κ1) is 19.7. The molecule has 3 aliphatic rings. The van der Waals surface area contributed by atoms with Crippen LogP contribution in [0.4, 0.5) is 10.1 Å². The fourth-order valence-corrected chi connectivity index (χ4v) is 4.95. The zero-order valence-electron chi connectivity index (χ0n) is 17.1. The van der Waals surface area contributed by atoms with Gasteiger partial charge in [0, 0.05) is 24.6 Å². The van der Waals surface area contributed by atoms with Crippen LogP contribution >= 0.6 is 0 Å². The standard InChI is InChI=1S/C24H24FN3O3/c25-19-8-4-3-7-17(19)16-9-10-20-18(13-16)24(31)28-12-11-27(14-21(28)22(29)26-20)23(30)15-5-1-2-6-15/h3-4,7-10,13,15,21H,1-2,5-6,11-12,14H2,(H,26,29). The summed E-state index contributed by atoms with van der Waals surface area (Å²) in [6, 6.07) is 10.6. The Bertz CT molecular complexity index is 1060. The zero-order chi connectivity index (χ0) is 21.5. The molecule has 0 aromatic heterocycles. The van der Waals surface area contributed by atoms with Crippen molar-refractivity contribution in [2.45, 2.75) is 31.7 Å². The highest BCUT2D eigenvalue weighted by molar-refractivity contribution is 6.10. The zero-order valence-corrected chi connectivity index (χ0v) is 17.1. The first-order chi connectivity index (χ1) is 15.0. The second-order valence-electron chi connectivity index (χ2n) is 8.51. The largest absolute Gasteiger partial charge is 0.338 e. The number of fused-ring (bicyclic) bond motifs is 2. The van der Waals surface area contributed by atoms with Crippen LogP contribution in [0.1, 0.15) is 36.0 Å². The maximum Gasteiger partial charge on any atom is 0.256 e. The molecule has 0 spiro atoms. The predicted molar refractivity (Wildman–Crippen MR) is 114 cm³/mol. The van der Waals surface area contributed by atoms with E-state index in [1.54, 1.807) is 46.2 Å². The molecule has 1 N–H and O–H groups in total. The first-order valence-electron chi connectivity index (χ1n) is 10.8. The van der Waals surface area contributed by atoms with Crippen LogP contribution in [0.15, 0.2) is 42.5 Å². The highest BCUT2D eigenvalue weighted by atomic mass is 19.1. The van der Waals surface area contributed by atoms with E-state index >= 15 is 0 Å². The number of carbonyl (C=O) groups is 3. The summed E-state index contributed by atoms with van der Waals surface area (Å²) in [5.41, 5.74) is 1.73. The Labute approximate surface area is 180 Å². The Hall–Kier alpha value is -3.22. The smallest absolute Gasteiger partial charge is 0.256 e. The van der Waals surface area contributed by atoms with Crippen molar-refractivity contribution in [2.24, 2.45) is 5.92 Å². The molecule has 3 amide bonds. The SMILES string of the molecule is O=C1Nc2ccc(-c3ccccc3F)cc2C(=O)N2CCN(C(=O)C3CCCC3)CC12. The summed E-state index contributed by atoms with van der Waals surface area (Å²) in [6.07, 6.45) is 3.94. The lowest BCUT2D eigenvalue weighted by Crippen LogP contribution is -2.60.